The van der Waals surface area contributed by atoms with E-state index in [2.05, 4.69) is 17.0 Å². The molecule has 0 unspecified atom stereocenters. The highest BCUT2D eigenvalue weighted by Gasteiger charge is 2.40. The van der Waals surface area contributed by atoms with Crippen LogP contribution in [0.3, 0.4) is 0 Å². The van der Waals surface area contributed by atoms with Crippen molar-refractivity contribution < 1.29 is 19.7 Å². The van der Waals surface area contributed by atoms with Crippen molar-refractivity contribution >= 4 is 6.09 Å². The van der Waals surface area contributed by atoms with Crippen LogP contribution in [-0.4, -0.2) is 64.4 Å². The van der Waals surface area contributed by atoms with Crippen molar-refractivity contribution in [2.24, 2.45) is 0 Å². The second-order valence-corrected chi connectivity index (χ2v) is 9.13. The van der Waals surface area contributed by atoms with Gasteiger partial charge < -0.3 is 19.8 Å². The molecule has 32 heavy (non-hydrogen) atoms. The van der Waals surface area contributed by atoms with Gasteiger partial charge in [-0.05, 0) is 36.1 Å². The van der Waals surface area contributed by atoms with Crippen LogP contribution in [0.5, 0.6) is 5.75 Å². The van der Waals surface area contributed by atoms with Crippen molar-refractivity contribution in [3.05, 3.63) is 65.7 Å². The second kappa shape index (κ2) is 10.4. The van der Waals surface area contributed by atoms with Gasteiger partial charge in [-0.3, -0.25) is 4.90 Å². The number of carbonyl (C=O) groups is 1. The van der Waals surface area contributed by atoms with E-state index in [9.17, 15) is 15.0 Å². The van der Waals surface area contributed by atoms with Gasteiger partial charge in [0.15, 0.2) is 0 Å². The first-order valence-corrected chi connectivity index (χ1v) is 11.7. The zero-order valence-electron chi connectivity index (χ0n) is 18.7. The lowest BCUT2D eigenvalue weighted by atomic mass is 9.72. The van der Waals surface area contributed by atoms with Crippen LogP contribution in [0.2, 0.25) is 0 Å². The minimum Gasteiger partial charge on any atom is -0.489 e. The van der Waals surface area contributed by atoms with Crippen LogP contribution in [0, 0.1) is 0 Å². The Balaban J connectivity index is 1.45. The number of nitrogens with zero attached hydrogens (tertiary/aromatic N) is 2. The normalized spacial score (nSPS) is 20.0. The highest BCUT2D eigenvalue weighted by Crippen LogP contribution is 2.41. The van der Waals surface area contributed by atoms with E-state index >= 15 is 0 Å². The number of aliphatic hydroxyl groups is 1. The fraction of sp³-hybridized carbons (Fsp3) is 0.500. The first-order valence-electron chi connectivity index (χ1n) is 11.7. The number of benzene rings is 2. The zero-order valence-corrected chi connectivity index (χ0v) is 18.7. The fourth-order valence-corrected chi connectivity index (χ4v) is 5.02. The van der Waals surface area contributed by atoms with Crippen LogP contribution >= 0.6 is 0 Å². The number of ether oxygens (including phenoxy) is 1. The van der Waals surface area contributed by atoms with Gasteiger partial charge in [-0.2, -0.15) is 0 Å². The fourth-order valence-electron chi connectivity index (χ4n) is 5.02. The van der Waals surface area contributed by atoms with Gasteiger partial charge in [0.25, 0.3) is 0 Å². The molecule has 0 radical (unpaired) electrons. The highest BCUT2D eigenvalue weighted by molar-refractivity contribution is 5.65. The van der Waals surface area contributed by atoms with Crippen LogP contribution in [0.25, 0.3) is 0 Å². The van der Waals surface area contributed by atoms with Crippen LogP contribution in [0.4, 0.5) is 4.79 Å². The molecule has 2 aromatic rings. The van der Waals surface area contributed by atoms with E-state index in [1.54, 1.807) is 0 Å². The molecule has 6 nitrogen and oxygen atoms in total. The van der Waals surface area contributed by atoms with Gasteiger partial charge in [-0.25, -0.2) is 4.79 Å². The third kappa shape index (κ3) is 5.61. The summed E-state index contributed by atoms with van der Waals surface area (Å²) in [6.45, 7) is 3.73. The molecular formula is C26H34N2O4. The molecule has 1 aliphatic heterocycles. The quantitative estimate of drug-likeness (QED) is 0.673. The van der Waals surface area contributed by atoms with Crippen molar-refractivity contribution in [2.45, 2.75) is 50.2 Å². The van der Waals surface area contributed by atoms with Crippen molar-refractivity contribution in [1.29, 1.82) is 0 Å². The van der Waals surface area contributed by atoms with Gasteiger partial charge in [-0.15, -0.1) is 0 Å². The Labute approximate surface area is 190 Å². The molecule has 2 fully saturated rings. The van der Waals surface area contributed by atoms with Gasteiger partial charge in [-0.1, -0.05) is 61.7 Å². The molecule has 1 amide bonds. The Morgan fingerprint density at radius 1 is 0.938 bits per heavy atom. The molecule has 1 aliphatic carbocycles. The molecule has 2 N–H and O–H groups in total. The van der Waals surface area contributed by atoms with Gasteiger partial charge in [0, 0.05) is 38.6 Å². The molecular weight excluding hydrogens is 404 g/mol. The highest BCUT2D eigenvalue weighted by atomic mass is 16.5. The van der Waals surface area contributed by atoms with E-state index in [1.807, 2.05) is 42.5 Å². The molecule has 4 rings (SSSR count). The number of hydrogen-bond acceptors (Lipinski definition) is 4. The van der Waals surface area contributed by atoms with Crippen LogP contribution in [0.1, 0.15) is 49.1 Å². The Kier molecular flexibility index (Phi) is 7.33. The summed E-state index contributed by atoms with van der Waals surface area (Å²) in [4.78, 5) is 15.0. The predicted molar refractivity (Wildman–Crippen MR) is 124 cm³/mol. The van der Waals surface area contributed by atoms with Gasteiger partial charge in [0.1, 0.15) is 12.4 Å². The third-order valence-corrected chi connectivity index (χ3v) is 6.98. The summed E-state index contributed by atoms with van der Waals surface area (Å²) in [5.74, 6) is 0.824. The summed E-state index contributed by atoms with van der Waals surface area (Å²) in [5, 5.41) is 20.8. The average molecular weight is 439 g/mol. The van der Waals surface area contributed by atoms with E-state index < -0.39 is 11.7 Å². The van der Waals surface area contributed by atoms with Crippen molar-refractivity contribution in [2.75, 3.05) is 32.7 Å². The molecule has 0 bridgehead atoms. The number of piperazine rings is 1. The Morgan fingerprint density at radius 3 is 2.22 bits per heavy atom. The molecule has 0 aromatic heterocycles. The maximum absolute atomic E-state index is 11.6. The minimum atomic E-state index is -0.849. The topological polar surface area (TPSA) is 73.2 Å². The SMILES string of the molecule is O=C(O)N1CCN(C[C@@H](c2ccc(OCc3ccccc3)cc2)C2(O)CCCCC2)CC1. The molecule has 2 aliphatic rings. The average Bonchev–Trinajstić information content (AvgIpc) is 2.83. The Bertz CT molecular complexity index is 857. The monoisotopic (exact) mass is 438 g/mol. The third-order valence-electron chi connectivity index (χ3n) is 6.98. The maximum Gasteiger partial charge on any atom is 0.407 e. The van der Waals surface area contributed by atoms with Gasteiger partial charge in [0.05, 0.1) is 5.60 Å². The molecule has 1 saturated carbocycles. The minimum absolute atomic E-state index is 0.00218. The standard InChI is InChI=1S/C26H34N2O4/c29-25(30)28-17-15-27(16-18-28)19-24(26(31)13-5-2-6-14-26)22-9-11-23(12-10-22)32-20-21-7-3-1-4-8-21/h1,3-4,7-12,24,31H,2,5-6,13-20H2,(H,29,30)/t24-/m0/s1. The largest absolute Gasteiger partial charge is 0.489 e. The number of rotatable bonds is 7. The first kappa shape index (κ1) is 22.6. The molecule has 1 saturated heterocycles. The first-order chi connectivity index (χ1) is 15.5. The van der Waals surface area contributed by atoms with Crippen molar-refractivity contribution in [3.63, 3.8) is 0 Å². The smallest absolute Gasteiger partial charge is 0.407 e. The summed E-state index contributed by atoms with van der Waals surface area (Å²) in [6, 6.07) is 18.3. The molecule has 1 heterocycles. The van der Waals surface area contributed by atoms with E-state index in [0.717, 1.165) is 49.1 Å². The summed E-state index contributed by atoms with van der Waals surface area (Å²) < 4.78 is 5.95. The lowest BCUT2D eigenvalue weighted by Crippen LogP contribution is -2.51. The van der Waals surface area contributed by atoms with Gasteiger partial charge >= 0.3 is 6.09 Å². The Hall–Kier alpha value is -2.57. The second-order valence-electron chi connectivity index (χ2n) is 9.13. The zero-order chi connectivity index (χ0) is 22.4. The van der Waals surface area contributed by atoms with Crippen LogP contribution in [0.15, 0.2) is 54.6 Å². The summed E-state index contributed by atoms with van der Waals surface area (Å²) in [5.41, 5.74) is 1.54. The number of carboxylic acid groups (broad SMARTS) is 1. The lowest BCUT2D eigenvalue weighted by Gasteiger charge is -2.43. The number of amides is 1. The lowest BCUT2D eigenvalue weighted by molar-refractivity contribution is -0.0338. The van der Waals surface area contributed by atoms with E-state index in [4.69, 9.17) is 4.74 Å². The van der Waals surface area contributed by atoms with Gasteiger partial charge in [0.2, 0.25) is 0 Å². The molecule has 2 aromatic carbocycles. The predicted octanol–water partition coefficient (Wildman–Crippen LogP) is 4.34. The van der Waals surface area contributed by atoms with E-state index in [-0.39, 0.29) is 5.92 Å². The van der Waals surface area contributed by atoms with E-state index in [0.29, 0.717) is 32.8 Å². The van der Waals surface area contributed by atoms with Crippen molar-refractivity contribution in [3.8, 4) is 5.75 Å². The maximum atomic E-state index is 11.6. The molecule has 0 spiro atoms. The molecule has 1 atom stereocenters. The molecule has 172 valence electrons. The Morgan fingerprint density at radius 2 is 1.59 bits per heavy atom. The molecule has 6 heteroatoms. The number of hydrogen-bond donors (Lipinski definition) is 2. The van der Waals surface area contributed by atoms with E-state index in [1.165, 1.54) is 11.3 Å². The summed E-state index contributed by atoms with van der Waals surface area (Å²) in [7, 11) is 0. The summed E-state index contributed by atoms with van der Waals surface area (Å²) in [6.07, 6.45) is 4.07. The van der Waals surface area contributed by atoms with Crippen molar-refractivity contribution in [1.82, 2.24) is 9.80 Å². The van der Waals surface area contributed by atoms with Crippen LogP contribution < -0.4 is 4.74 Å². The summed E-state index contributed by atoms with van der Waals surface area (Å²) >= 11 is 0. The van der Waals surface area contributed by atoms with Crippen LogP contribution in [-0.2, 0) is 6.61 Å².